The van der Waals surface area contributed by atoms with Crippen LogP contribution in [-0.4, -0.2) is 28.9 Å². The third-order valence-electron chi connectivity index (χ3n) is 3.33. The van der Waals surface area contributed by atoms with E-state index < -0.39 is 0 Å². The van der Waals surface area contributed by atoms with Gasteiger partial charge >= 0.3 is 0 Å². The minimum atomic E-state index is -0.0835. The van der Waals surface area contributed by atoms with Crippen LogP contribution in [0, 0.1) is 5.21 Å². The third-order valence-corrected chi connectivity index (χ3v) is 4.33. The number of hydrogen-bond acceptors (Lipinski definition) is 4. The molecule has 0 bridgehead atoms. The molecule has 3 rings (SSSR count). The van der Waals surface area contributed by atoms with Crippen LogP contribution in [0.5, 0.6) is 0 Å². The lowest BCUT2D eigenvalue weighted by atomic mass is 10.1. The van der Waals surface area contributed by atoms with Gasteiger partial charge in [0.15, 0.2) is 6.20 Å². The van der Waals surface area contributed by atoms with Gasteiger partial charge in [0.05, 0.1) is 18.0 Å². The van der Waals surface area contributed by atoms with Crippen molar-refractivity contribution < 1.29 is 9.52 Å². The van der Waals surface area contributed by atoms with E-state index in [0.717, 1.165) is 22.4 Å². The van der Waals surface area contributed by atoms with Crippen LogP contribution in [0.2, 0.25) is 0 Å². The van der Waals surface area contributed by atoms with Gasteiger partial charge in [-0.3, -0.25) is 4.79 Å². The smallest absolute Gasteiger partial charge is 0.253 e. The summed E-state index contributed by atoms with van der Waals surface area (Å²) >= 11 is 1.23. The van der Waals surface area contributed by atoms with Gasteiger partial charge in [0.2, 0.25) is 0 Å². The number of carbonyl (C=O) groups is 1. The molecule has 0 saturated heterocycles. The quantitative estimate of drug-likeness (QED) is 0.493. The van der Waals surface area contributed by atoms with Crippen LogP contribution in [0.3, 0.4) is 0 Å². The molecular weight excluding hydrogens is 298 g/mol. The van der Waals surface area contributed by atoms with E-state index in [2.05, 4.69) is 5.10 Å². The van der Waals surface area contributed by atoms with E-state index in [0.29, 0.717) is 11.6 Å². The van der Waals surface area contributed by atoms with Crippen molar-refractivity contribution in [3.8, 4) is 0 Å². The molecule has 1 aliphatic rings. The van der Waals surface area contributed by atoms with Gasteiger partial charge in [0.1, 0.15) is 0 Å². The summed E-state index contributed by atoms with van der Waals surface area (Å²) in [7, 11) is 0. The summed E-state index contributed by atoms with van der Waals surface area (Å²) < 4.78 is 0.764. The predicted molar refractivity (Wildman–Crippen MR) is 85.4 cm³/mol. The normalized spacial score (nSPS) is 14.0. The van der Waals surface area contributed by atoms with Gasteiger partial charge in [0, 0.05) is 18.6 Å². The highest BCUT2D eigenvalue weighted by Gasteiger charge is 2.22. The van der Waals surface area contributed by atoms with Crippen molar-refractivity contribution >= 4 is 23.4 Å². The van der Waals surface area contributed by atoms with Crippen LogP contribution in [0.25, 0.3) is 0 Å². The summed E-state index contributed by atoms with van der Waals surface area (Å²) in [6.45, 7) is 0.593. The first-order valence-corrected chi connectivity index (χ1v) is 7.97. The second-order valence-corrected chi connectivity index (χ2v) is 5.83. The van der Waals surface area contributed by atoms with Crippen molar-refractivity contribution in [2.75, 3.05) is 12.3 Å². The zero-order chi connectivity index (χ0) is 15.4. The molecule has 0 N–H and O–H groups in total. The Bertz CT molecular complexity index is 704. The molecule has 0 spiro atoms. The number of carbonyl (C=O) groups excluding carboxylic acids is 1. The first-order chi connectivity index (χ1) is 10.7. The molecule has 1 aromatic heterocycles. The standard InChI is InChI=1S/C16H15N3O2S/c20-15(12-22-16-8-4-5-10-19(16)21)18-11-9-14(17-18)13-6-2-1-3-7-13/h1-8,10H,9,11-12H2. The molecule has 0 aliphatic carbocycles. The molecule has 1 amide bonds. The molecule has 22 heavy (non-hydrogen) atoms. The number of amides is 1. The first kappa shape index (κ1) is 14.6. The number of hydrazone groups is 1. The van der Waals surface area contributed by atoms with Crippen LogP contribution in [-0.2, 0) is 4.79 Å². The van der Waals surface area contributed by atoms with E-state index >= 15 is 0 Å². The lowest BCUT2D eigenvalue weighted by Crippen LogP contribution is -2.30. The Morgan fingerprint density at radius 3 is 2.77 bits per heavy atom. The minimum absolute atomic E-state index is 0.0835. The van der Waals surface area contributed by atoms with Crippen molar-refractivity contribution in [1.29, 1.82) is 0 Å². The van der Waals surface area contributed by atoms with E-state index in [9.17, 15) is 10.0 Å². The van der Waals surface area contributed by atoms with Crippen LogP contribution in [0.15, 0.2) is 64.9 Å². The van der Waals surface area contributed by atoms with Gasteiger partial charge in [-0.15, -0.1) is 0 Å². The van der Waals surface area contributed by atoms with E-state index in [1.165, 1.54) is 23.0 Å². The summed E-state index contributed by atoms with van der Waals surface area (Å²) in [6, 6.07) is 15.0. The molecule has 0 radical (unpaired) electrons. The fourth-order valence-corrected chi connectivity index (χ4v) is 2.99. The molecule has 0 fully saturated rings. The molecule has 2 heterocycles. The number of aromatic nitrogens is 1. The fraction of sp³-hybridized carbons (Fsp3) is 0.188. The Morgan fingerprint density at radius 1 is 1.23 bits per heavy atom. The maximum atomic E-state index is 12.2. The molecule has 112 valence electrons. The summed E-state index contributed by atoms with van der Waals surface area (Å²) in [4.78, 5) is 12.2. The summed E-state index contributed by atoms with van der Waals surface area (Å²) in [5.74, 6) is 0.123. The largest absolute Gasteiger partial charge is 0.618 e. The Hall–Kier alpha value is -2.34. The number of thioether (sulfide) groups is 1. The second kappa shape index (κ2) is 6.62. The topological polar surface area (TPSA) is 59.6 Å². The summed E-state index contributed by atoms with van der Waals surface area (Å²) in [5, 5.41) is 17.9. The van der Waals surface area contributed by atoms with Crippen molar-refractivity contribution in [3.05, 3.63) is 65.5 Å². The molecule has 1 aromatic carbocycles. The zero-order valence-electron chi connectivity index (χ0n) is 11.9. The number of pyridine rings is 1. The molecule has 0 saturated carbocycles. The van der Waals surface area contributed by atoms with E-state index in [-0.39, 0.29) is 11.7 Å². The van der Waals surface area contributed by atoms with Gasteiger partial charge in [-0.1, -0.05) is 30.3 Å². The van der Waals surface area contributed by atoms with Crippen molar-refractivity contribution in [3.63, 3.8) is 0 Å². The van der Waals surface area contributed by atoms with Gasteiger partial charge in [0.25, 0.3) is 10.9 Å². The Labute approximate surface area is 132 Å². The summed E-state index contributed by atoms with van der Waals surface area (Å²) in [5.41, 5.74) is 1.98. The first-order valence-electron chi connectivity index (χ1n) is 6.98. The molecule has 6 heteroatoms. The van der Waals surface area contributed by atoms with Gasteiger partial charge in [-0.2, -0.15) is 9.83 Å². The van der Waals surface area contributed by atoms with E-state index in [1.54, 1.807) is 18.2 Å². The maximum Gasteiger partial charge on any atom is 0.253 e. The van der Waals surface area contributed by atoms with Crippen molar-refractivity contribution in [2.24, 2.45) is 5.10 Å². The highest BCUT2D eigenvalue weighted by Crippen LogP contribution is 2.17. The highest BCUT2D eigenvalue weighted by molar-refractivity contribution is 7.99. The van der Waals surface area contributed by atoms with Gasteiger partial charge in [-0.25, -0.2) is 5.01 Å². The second-order valence-electron chi connectivity index (χ2n) is 4.83. The van der Waals surface area contributed by atoms with Crippen molar-refractivity contribution in [2.45, 2.75) is 11.4 Å². The Morgan fingerprint density at radius 2 is 2.00 bits per heavy atom. The molecule has 1 aliphatic heterocycles. The number of benzene rings is 1. The number of nitrogens with zero attached hydrogens (tertiary/aromatic N) is 3. The van der Waals surface area contributed by atoms with Crippen LogP contribution in [0.4, 0.5) is 0 Å². The molecular formula is C16H15N3O2S. The highest BCUT2D eigenvalue weighted by atomic mass is 32.2. The lowest BCUT2D eigenvalue weighted by molar-refractivity contribution is -0.645. The maximum absolute atomic E-state index is 12.2. The lowest BCUT2D eigenvalue weighted by Gasteiger charge is -2.10. The number of rotatable bonds is 4. The van der Waals surface area contributed by atoms with Crippen LogP contribution < -0.4 is 4.73 Å². The molecule has 5 nitrogen and oxygen atoms in total. The number of hydrogen-bond donors (Lipinski definition) is 0. The van der Waals surface area contributed by atoms with E-state index in [1.807, 2.05) is 30.3 Å². The van der Waals surface area contributed by atoms with Gasteiger partial charge < -0.3 is 5.21 Å². The summed E-state index contributed by atoms with van der Waals surface area (Å²) in [6.07, 6.45) is 2.18. The van der Waals surface area contributed by atoms with Crippen LogP contribution in [0.1, 0.15) is 12.0 Å². The Kier molecular flexibility index (Phi) is 4.39. The van der Waals surface area contributed by atoms with Gasteiger partial charge in [-0.05, 0) is 23.4 Å². The zero-order valence-corrected chi connectivity index (χ0v) is 12.7. The molecule has 0 unspecified atom stereocenters. The SMILES string of the molecule is O=C(CSc1cccc[n+]1[O-])N1CCC(c2ccccc2)=N1. The third kappa shape index (κ3) is 3.28. The average Bonchev–Trinajstić information content (AvgIpc) is 3.05. The average molecular weight is 313 g/mol. The predicted octanol–water partition coefficient (Wildman–Crippen LogP) is 2.05. The molecule has 0 atom stereocenters. The van der Waals surface area contributed by atoms with E-state index in [4.69, 9.17) is 0 Å². The fourth-order valence-electron chi connectivity index (χ4n) is 2.21. The Balaban J connectivity index is 1.62. The molecule has 2 aromatic rings. The van der Waals surface area contributed by atoms with Crippen molar-refractivity contribution in [1.82, 2.24) is 5.01 Å². The van der Waals surface area contributed by atoms with Crippen LogP contribution >= 0.6 is 11.8 Å². The minimum Gasteiger partial charge on any atom is -0.618 e. The monoisotopic (exact) mass is 313 g/mol.